The number of anilines is 2. The molecule has 3 aromatic rings. The highest BCUT2D eigenvalue weighted by Crippen LogP contribution is 2.38. The number of urea groups is 1. The van der Waals surface area contributed by atoms with E-state index in [1.54, 1.807) is 36.4 Å². The Morgan fingerprint density at radius 1 is 0.966 bits per heavy atom. The molecule has 5 nitrogen and oxygen atoms in total. The Hall–Kier alpha value is -2.90. The van der Waals surface area contributed by atoms with E-state index in [0.717, 1.165) is 9.87 Å². The molecule has 4 rings (SSSR count). The first-order chi connectivity index (χ1) is 13.8. The maximum Gasteiger partial charge on any atom is 0.343 e. The lowest BCUT2D eigenvalue weighted by Crippen LogP contribution is -2.50. The minimum atomic E-state index is -4.13. The van der Waals surface area contributed by atoms with Crippen LogP contribution in [0.5, 0.6) is 0 Å². The van der Waals surface area contributed by atoms with E-state index in [-0.39, 0.29) is 33.4 Å². The van der Waals surface area contributed by atoms with E-state index in [2.05, 4.69) is 0 Å². The highest BCUT2D eigenvalue weighted by molar-refractivity contribution is 7.94. The Morgan fingerprint density at radius 2 is 1.66 bits per heavy atom. The number of nitrogens with zero attached hydrogens (tertiary/aromatic N) is 2. The van der Waals surface area contributed by atoms with Crippen molar-refractivity contribution < 1.29 is 17.6 Å². The highest BCUT2D eigenvalue weighted by Gasteiger charge is 2.42. The standard InChI is InChI=1S/C21H16ClFN2O3S/c1-14-9-11-15(12-10-14)25-21(26)24(13-16-17(22)5-4-6-18(16)23)19-7-2-3-8-20(19)29(25,27)28/h2-12H,13H2,1H3. The Kier molecular flexibility index (Phi) is 4.80. The van der Waals surface area contributed by atoms with Crippen molar-refractivity contribution >= 4 is 39.0 Å². The second kappa shape index (κ2) is 7.17. The Morgan fingerprint density at radius 3 is 2.34 bits per heavy atom. The van der Waals surface area contributed by atoms with Crippen molar-refractivity contribution in [2.45, 2.75) is 18.4 Å². The van der Waals surface area contributed by atoms with Gasteiger partial charge in [-0.1, -0.05) is 47.5 Å². The van der Waals surface area contributed by atoms with Gasteiger partial charge in [-0.05, 0) is 43.3 Å². The number of carbonyl (C=O) groups excluding carboxylic acids is 1. The summed E-state index contributed by atoms with van der Waals surface area (Å²) in [4.78, 5) is 14.5. The van der Waals surface area contributed by atoms with E-state index >= 15 is 0 Å². The fourth-order valence-electron chi connectivity index (χ4n) is 3.24. The predicted octanol–water partition coefficient (Wildman–Crippen LogP) is 5.12. The van der Waals surface area contributed by atoms with Crippen LogP contribution in [0.25, 0.3) is 0 Å². The van der Waals surface area contributed by atoms with Crippen molar-refractivity contribution in [1.29, 1.82) is 0 Å². The molecular weight excluding hydrogens is 415 g/mol. The minimum Gasteiger partial charge on any atom is -0.287 e. The summed E-state index contributed by atoms with van der Waals surface area (Å²) >= 11 is 6.14. The predicted molar refractivity (Wildman–Crippen MR) is 110 cm³/mol. The van der Waals surface area contributed by atoms with Crippen molar-refractivity contribution in [2.24, 2.45) is 0 Å². The van der Waals surface area contributed by atoms with Crippen LogP contribution in [0, 0.1) is 12.7 Å². The number of rotatable bonds is 3. The Bertz CT molecular complexity index is 1190. The monoisotopic (exact) mass is 430 g/mol. The van der Waals surface area contributed by atoms with E-state index in [1.807, 2.05) is 6.92 Å². The molecule has 1 aliphatic rings. The van der Waals surface area contributed by atoms with E-state index in [1.165, 1.54) is 35.2 Å². The van der Waals surface area contributed by atoms with Gasteiger partial charge in [0.2, 0.25) is 0 Å². The van der Waals surface area contributed by atoms with Crippen LogP contribution in [0.4, 0.5) is 20.6 Å². The third-order valence-corrected chi connectivity index (χ3v) is 6.83. The molecule has 0 radical (unpaired) electrons. The average molecular weight is 431 g/mol. The molecule has 0 saturated carbocycles. The summed E-state index contributed by atoms with van der Waals surface area (Å²) in [6, 6.07) is 16.1. The van der Waals surface area contributed by atoms with Gasteiger partial charge in [-0.2, -0.15) is 4.31 Å². The first kappa shape index (κ1) is 19.4. The van der Waals surface area contributed by atoms with E-state index in [9.17, 15) is 17.6 Å². The van der Waals surface area contributed by atoms with Gasteiger partial charge in [0.15, 0.2) is 0 Å². The summed E-state index contributed by atoms with van der Waals surface area (Å²) < 4.78 is 41.5. The molecule has 29 heavy (non-hydrogen) atoms. The topological polar surface area (TPSA) is 57.7 Å². The van der Waals surface area contributed by atoms with Gasteiger partial charge >= 0.3 is 6.03 Å². The fourth-order valence-corrected chi connectivity index (χ4v) is 5.05. The van der Waals surface area contributed by atoms with E-state index in [0.29, 0.717) is 0 Å². The van der Waals surface area contributed by atoms with Gasteiger partial charge in [0.1, 0.15) is 10.7 Å². The number of benzene rings is 3. The van der Waals surface area contributed by atoms with Crippen LogP contribution in [0.2, 0.25) is 5.02 Å². The number of aryl methyl sites for hydroxylation is 1. The third kappa shape index (κ3) is 3.26. The van der Waals surface area contributed by atoms with Gasteiger partial charge in [0.05, 0.1) is 17.9 Å². The minimum absolute atomic E-state index is 0.0346. The lowest BCUT2D eigenvalue weighted by atomic mass is 10.1. The summed E-state index contributed by atoms with van der Waals surface area (Å²) in [6.07, 6.45) is 0. The third-order valence-electron chi connectivity index (χ3n) is 4.73. The number of amides is 2. The van der Waals surface area contributed by atoms with Gasteiger partial charge < -0.3 is 0 Å². The van der Waals surface area contributed by atoms with Crippen LogP contribution in [0.15, 0.2) is 71.6 Å². The van der Waals surface area contributed by atoms with E-state index in [4.69, 9.17) is 11.6 Å². The zero-order valence-corrected chi connectivity index (χ0v) is 16.9. The van der Waals surface area contributed by atoms with Gasteiger partial charge in [-0.25, -0.2) is 17.6 Å². The van der Waals surface area contributed by atoms with Crippen LogP contribution in [0.1, 0.15) is 11.1 Å². The number of hydrogen-bond donors (Lipinski definition) is 0. The summed E-state index contributed by atoms with van der Waals surface area (Å²) in [5.74, 6) is -0.571. The van der Waals surface area contributed by atoms with Crippen molar-refractivity contribution in [3.8, 4) is 0 Å². The zero-order valence-electron chi connectivity index (χ0n) is 15.3. The van der Waals surface area contributed by atoms with Crippen LogP contribution in [0.3, 0.4) is 0 Å². The summed E-state index contributed by atoms with van der Waals surface area (Å²) in [5.41, 5.74) is 1.42. The molecule has 0 spiro atoms. The molecule has 8 heteroatoms. The van der Waals surface area contributed by atoms with Crippen LogP contribution in [-0.4, -0.2) is 14.4 Å². The molecule has 0 saturated heterocycles. The van der Waals surface area contributed by atoms with Crippen LogP contribution >= 0.6 is 11.6 Å². The van der Waals surface area contributed by atoms with Gasteiger partial charge in [0, 0.05) is 10.6 Å². The van der Waals surface area contributed by atoms with Crippen LogP contribution in [-0.2, 0) is 16.6 Å². The largest absolute Gasteiger partial charge is 0.343 e. The number of hydrogen-bond acceptors (Lipinski definition) is 3. The maximum atomic E-state index is 14.4. The van der Waals surface area contributed by atoms with E-state index < -0.39 is 21.9 Å². The van der Waals surface area contributed by atoms with Gasteiger partial charge in [-0.15, -0.1) is 0 Å². The van der Waals surface area contributed by atoms with Crippen molar-refractivity contribution in [2.75, 3.05) is 9.21 Å². The number of sulfonamides is 1. The van der Waals surface area contributed by atoms with Crippen molar-refractivity contribution in [3.63, 3.8) is 0 Å². The van der Waals surface area contributed by atoms with Crippen molar-refractivity contribution in [3.05, 3.63) is 88.7 Å². The molecule has 0 aliphatic carbocycles. The summed E-state index contributed by atoms with van der Waals surface area (Å²) in [6.45, 7) is 1.65. The highest BCUT2D eigenvalue weighted by atomic mass is 35.5. The Balaban J connectivity index is 1.89. The van der Waals surface area contributed by atoms with Gasteiger partial charge in [0.25, 0.3) is 10.0 Å². The molecule has 0 bridgehead atoms. The SMILES string of the molecule is Cc1ccc(N2C(=O)N(Cc3c(F)cccc3Cl)c3ccccc3S2(=O)=O)cc1. The zero-order chi connectivity index (χ0) is 20.8. The lowest BCUT2D eigenvalue weighted by Gasteiger charge is -2.36. The second-order valence-corrected chi connectivity index (χ2v) is 8.80. The molecule has 1 heterocycles. The molecule has 0 N–H and O–H groups in total. The molecule has 0 aromatic heterocycles. The first-order valence-corrected chi connectivity index (χ1v) is 10.6. The maximum absolute atomic E-state index is 14.4. The fraction of sp³-hybridized carbons (Fsp3) is 0.0952. The lowest BCUT2D eigenvalue weighted by molar-refractivity contribution is 0.253. The smallest absolute Gasteiger partial charge is 0.287 e. The number of carbonyl (C=O) groups is 1. The quantitative estimate of drug-likeness (QED) is 0.579. The summed E-state index contributed by atoms with van der Waals surface area (Å²) in [5, 5.41) is 0.158. The number of para-hydroxylation sites is 1. The molecule has 0 fully saturated rings. The van der Waals surface area contributed by atoms with Crippen molar-refractivity contribution in [1.82, 2.24) is 0 Å². The molecule has 1 aliphatic heterocycles. The molecule has 3 aromatic carbocycles. The molecule has 148 valence electrons. The number of fused-ring (bicyclic) bond motifs is 1. The first-order valence-electron chi connectivity index (χ1n) is 8.76. The van der Waals surface area contributed by atoms with Gasteiger partial charge in [-0.3, -0.25) is 4.90 Å². The second-order valence-electron chi connectivity index (χ2n) is 6.64. The average Bonchev–Trinajstić information content (AvgIpc) is 2.68. The molecule has 0 atom stereocenters. The molecule has 0 unspecified atom stereocenters. The normalized spacial score (nSPS) is 15.3. The Labute approximate surface area is 173 Å². The molecule has 2 amide bonds. The van der Waals surface area contributed by atoms with Crippen LogP contribution < -0.4 is 9.21 Å². The number of halogens is 2. The molecular formula is C21H16ClFN2O3S. The summed E-state index contributed by atoms with van der Waals surface area (Å²) in [7, 11) is -4.13.